The summed E-state index contributed by atoms with van der Waals surface area (Å²) in [5.41, 5.74) is 0. The van der Waals surface area contributed by atoms with E-state index in [9.17, 15) is 5.11 Å². The van der Waals surface area contributed by atoms with Gasteiger partial charge in [0.2, 0.25) is 11.9 Å². The molecule has 0 saturated heterocycles. The Morgan fingerprint density at radius 1 is 0.893 bits per heavy atom. The number of rotatable bonds is 16. The van der Waals surface area contributed by atoms with E-state index in [1.54, 1.807) is 23.8 Å². The van der Waals surface area contributed by atoms with Crippen LogP contribution in [-0.2, 0) is 20.6 Å². The first-order valence-corrected chi connectivity index (χ1v) is 10.2. The van der Waals surface area contributed by atoms with Crippen LogP contribution in [0.2, 0.25) is 0 Å². The smallest absolute Gasteiger partial charge is 0.234 e. The zero-order chi connectivity index (χ0) is 20.8. The largest absolute Gasteiger partial charge is 0.374 e. The van der Waals surface area contributed by atoms with Gasteiger partial charge in [0.15, 0.2) is 0 Å². The predicted octanol–water partition coefficient (Wildman–Crippen LogP) is 2.54. The number of ether oxygens (including phenoxy) is 3. The number of aromatic nitrogens is 3. The Kier molecular flexibility index (Phi) is 12.6. The Morgan fingerprint density at radius 2 is 1.50 bits per heavy atom. The van der Waals surface area contributed by atoms with Crippen LogP contribution in [0.5, 0.6) is 0 Å². The average Bonchev–Trinajstić information content (AvgIpc) is 2.69. The topological polar surface area (TPSA) is 93.1 Å². The van der Waals surface area contributed by atoms with Gasteiger partial charge in [0.25, 0.3) is 0 Å². The van der Waals surface area contributed by atoms with Gasteiger partial charge in [-0.25, -0.2) is 0 Å². The second-order valence-electron chi connectivity index (χ2n) is 6.55. The molecule has 0 bridgehead atoms. The van der Waals surface area contributed by atoms with Gasteiger partial charge in [-0.3, -0.25) is 9.80 Å². The Bertz CT molecular complexity index is 533. The highest BCUT2D eigenvalue weighted by Crippen LogP contribution is 2.17. The summed E-state index contributed by atoms with van der Waals surface area (Å²) in [6.45, 7) is 9.98. The van der Waals surface area contributed by atoms with E-state index in [0.717, 1.165) is 25.7 Å². The van der Waals surface area contributed by atoms with Crippen molar-refractivity contribution in [1.29, 1.82) is 0 Å². The van der Waals surface area contributed by atoms with Gasteiger partial charge in [0.1, 0.15) is 32.2 Å². The fourth-order valence-corrected chi connectivity index (χ4v) is 2.30. The van der Waals surface area contributed by atoms with Crippen LogP contribution >= 0.6 is 0 Å². The van der Waals surface area contributed by atoms with Crippen LogP contribution in [0.15, 0.2) is 0 Å². The number of hydrogen-bond donors (Lipinski definition) is 1. The summed E-state index contributed by atoms with van der Waals surface area (Å²) in [5, 5.41) is 10.2. The average molecular weight is 400 g/mol. The Hall–Kier alpha value is -1.55. The second-order valence-corrected chi connectivity index (χ2v) is 6.55. The summed E-state index contributed by atoms with van der Waals surface area (Å²) >= 11 is 0. The highest BCUT2D eigenvalue weighted by molar-refractivity contribution is 5.38. The van der Waals surface area contributed by atoms with E-state index in [0.29, 0.717) is 50.8 Å². The number of methoxy groups -OCH3 is 1. The summed E-state index contributed by atoms with van der Waals surface area (Å²) in [6, 6.07) is 0. The number of aryl methyl sites for hydroxylation is 1. The maximum Gasteiger partial charge on any atom is 0.234 e. The molecule has 1 atom stereocenters. The van der Waals surface area contributed by atoms with E-state index in [-0.39, 0.29) is 6.73 Å². The molecule has 0 radical (unpaired) electrons. The first kappa shape index (κ1) is 24.5. The first-order valence-electron chi connectivity index (χ1n) is 10.2. The van der Waals surface area contributed by atoms with Gasteiger partial charge >= 0.3 is 0 Å². The molecule has 1 N–H and O–H groups in total. The Labute approximate surface area is 169 Å². The van der Waals surface area contributed by atoms with Crippen LogP contribution in [0.3, 0.4) is 0 Å². The normalized spacial score (nSPS) is 12.2. The highest BCUT2D eigenvalue weighted by Gasteiger charge is 2.20. The molecule has 0 fully saturated rings. The minimum atomic E-state index is -0.793. The summed E-state index contributed by atoms with van der Waals surface area (Å²) in [6.07, 6.45) is 3.93. The quantitative estimate of drug-likeness (QED) is 0.332. The standard InChI is InChI=1S/C19H37N5O4/c1-6-9-11-27-14-23(13-26-5)18-20-17(8-3)21-19(22-18)24(16(4)25)15-28-12-10-7-2/h16,25H,6-15H2,1-5H3. The zero-order valence-electron chi connectivity index (χ0n) is 18.1. The fourth-order valence-electron chi connectivity index (χ4n) is 2.30. The second kappa shape index (κ2) is 14.4. The highest BCUT2D eigenvalue weighted by atomic mass is 16.5. The maximum absolute atomic E-state index is 10.2. The number of nitrogens with zero attached hydrogens (tertiary/aromatic N) is 5. The van der Waals surface area contributed by atoms with E-state index < -0.39 is 6.23 Å². The lowest BCUT2D eigenvalue weighted by molar-refractivity contribution is 0.0881. The number of aliphatic hydroxyl groups excluding tert-OH is 1. The molecule has 1 heterocycles. The number of unbranched alkanes of at least 4 members (excludes halogenated alkanes) is 2. The van der Waals surface area contributed by atoms with Crippen LogP contribution < -0.4 is 9.80 Å². The molecule has 1 rings (SSSR count). The van der Waals surface area contributed by atoms with Crippen LogP contribution in [0.4, 0.5) is 11.9 Å². The summed E-state index contributed by atoms with van der Waals surface area (Å²) < 4.78 is 16.7. The van der Waals surface area contributed by atoms with Crippen LogP contribution in [0, 0.1) is 0 Å². The van der Waals surface area contributed by atoms with Crippen molar-refractivity contribution in [3.63, 3.8) is 0 Å². The molecule has 0 amide bonds. The van der Waals surface area contributed by atoms with Gasteiger partial charge in [-0.15, -0.1) is 0 Å². The fraction of sp³-hybridized carbons (Fsp3) is 0.842. The maximum atomic E-state index is 10.2. The molecule has 0 aliphatic carbocycles. The third-order valence-electron chi connectivity index (χ3n) is 4.01. The SMILES string of the molecule is CCCCOCN(COC)c1nc(CC)nc(N(COCCCC)C(C)O)n1. The molecule has 0 saturated carbocycles. The third kappa shape index (κ3) is 8.64. The van der Waals surface area contributed by atoms with Gasteiger partial charge in [-0.05, 0) is 19.8 Å². The molecule has 9 heteroatoms. The van der Waals surface area contributed by atoms with Crippen molar-refractivity contribution >= 4 is 11.9 Å². The molecule has 28 heavy (non-hydrogen) atoms. The molecule has 0 aromatic carbocycles. The summed E-state index contributed by atoms with van der Waals surface area (Å²) in [7, 11) is 1.62. The van der Waals surface area contributed by atoms with Crippen LogP contribution in [0.25, 0.3) is 0 Å². The number of hydrogen-bond acceptors (Lipinski definition) is 9. The molecule has 162 valence electrons. The van der Waals surface area contributed by atoms with E-state index in [1.807, 2.05) is 6.92 Å². The van der Waals surface area contributed by atoms with Gasteiger partial charge < -0.3 is 19.3 Å². The molecule has 1 aromatic heterocycles. The van der Waals surface area contributed by atoms with Crippen molar-refractivity contribution in [3.8, 4) is 0 Å². The van der Waals surface area contributed by atoms with Crippen LogP contribution in [0.1, 0.15) is 59.2 Å². The zero-order valence-corrected chi connectivity index (χ0v) is 18.1. The molecule has 1 unspecified atom stereocenters. The summed E-state index contributed by atoms with van der Waals surface area (Å²) in [4.78, 5) is 17.0. The van der Waals surface area contributed by atoms with E-state index >= 15 is 0 Å². The molecule has 9 nitrogen and oxygen atoms in total. The first-order chi connectivity index (χ1) is 13.6. The van der Waals surface area contributed by atoms with Gasteiger partial charge in [0.05, 0.1) is 0 Å². The molecular formula is C19H37N5O4. The number of aliphatic hydroxyl groups is 1. The Morgan fingerprint density at radius 3 is 2.04 bits per heavy atom. The van der Waals surface area contributed by atoms with Crippen LogP contribution in [-0.4, -0.2) is 66.8 Å². The molecule has 0 aliphatic rings. The molecule has 1 aromatic rings. The van der Waals surface area contributed by atoms with Gasteiger partial charge in [-0.1, -0.05) is 33.6 Å². The van der Waals surface area contributed by atoms with E-state index in [1.165, 1.54) is 0 Å². The van der Waals surface area contributed by atoms with Crippen molar-refractivity contribution < 1.29 is 19.3 Å². The lowest BCUT2D eigenvalue weighted by Crippen LogP contribution is -2.38. The van der Waals surface area contributed by atoms with Crippen molar-refractivity contribution in [2.45, 2.75) is 66.0 Å². The minimum absolute atomic E-state index is 0.210. The molecular weight excluding hydrogens is 362 g/mol. The monoisotopic (exact) mass is 399 g/mol. The van der Waals surface area contributed by atoms with Gasteiger partial charge in [-0.2, -0.15) is 15.0 Å². The van der Waals surface area contributed by atoms with Crippen molar-refractivity contribution in [1.82, 2.24) is 15.0 Å². The lowest BCUT2D eigenvalue weighted by atomic mass is 10.4. The minimum Gasteiger partial charge on any atom is -0.374 e. The predicted molar refractivity (Wildman–Crippen MR) is 109 cm³/mol. The van der Waals surface area contributed by atoms with Gasteiger partial charge in [0, 0.05) is 26.7 Å². The van der Waals surface area contributed by atoms with E-state index in [4.69, 9.17) is 14.2 Å². The number of anilines is 2. The van der Waals surface area contributed by atoms with Crippen molar-refractivity contribution in [2.75, 3.05) is 50.3 Å². The molecule has 0 aliphatic heterocycles. The third-order valence-corrected chi connectivity index (χ3v) is 4.01. The lowest BCUT2D eigenvalue weighted by Gasteiger charge is -2.27. The van der Waals surface area contributed by atoms with Crippen molar-refractivity contribution in [2.24, 2.45) is 0 Å². The molecule has 0 spiro atoms. The Balaban J connectivity index is 3.01. The summed E-state index contributed by atoms with van der Waals surface area (Å²) in [5.74, 6) is 1.47. The van der Waals surface area contributed by atoms with Crippen molar-refractivity contribution in [3.05, 3.63) is 5.82 Å². The van der Waals surface area contributed by atoms with E-state index in [2.05, 4.69) is 28.8 Å².